The standard InChI is InChI=1S/C9H10N2O2S.C8H11N/c1-6-3-4-7-8(5-6)11-9(10-7)14(12)13-2;1-6-4-3-5-8(9)7(6)2/h3-5H,1-2H3,(H,10,11);3-5H,9H2,1-2H3. The first-order valence-corrected chi connectivity index (χ1v) is 8.24. The number of fused-ring (bicyclic) bond motifs is 1. The van der Waals surface area contributed by atoms with E-state index in [9.17, 15) is 4.21 Å². The Bertz CT molecular complexity index is 823. The molecule has 1 atom stereocenters. The van der Waals surface area contributed by atoms with Gasteiger partial charge in [0.2, 0.25) is 16.2 Å². The van der Waals surface area contributed by atoms with Crippen molar-refractivity contribution in [1.29, 1.82) is 0 Å². The topological polar surface area (TPSA) is 81.0 Å². The van der Waals surface area contributed by atoms with Gasteiger partial charge in [-0.15, -0.1) is 0 Å². The van der Waals surface area contributed by atoms with Gasteiger partial charge in [0.1, 0.15) is 0 Å². The van der Waals surface area contributed by atoms with Gasteiger partial charge >= 0.3 is 0 Å². The van der Waals surface area contributed by atoms with Crippen molar-refractivity contribution < 1.29 is 8.39 Å². The number of nitrogens with two attached hydrogens (primary N) is 1. The Morgan fingerprint density at radius 3 is 2.52 bits per heavy atom. The van der Waals surface area contributed by atoms with Crippen LogP contribution in [-0.4, -0.2) is 21.3 Å². The summed E-state index contributed by atoms with van der Waals surface area (Å²) in [5, 5.41) is 0.355. The molecule has 2 aromatic carbocycles. The number of H-pyrrole nitrogens is 1. The molecule has 1 heterocycles. The monoisotopic (exact) mass is 331 g/mol. The number of benzene rings is 2. The van der Waals surface area contributed by atoms with Gasteiger partial charge in [-0.25, -0.2) is 9.19 Å². The fourth-order valence-corrected chi connectivity index (χ4v) is 2.56. The molecule has 5 nitrogen and oxygen atoms in total. The summed E-state index contributed by atoms with van der Waals surface area (Å²) in [4.78, 5) is 7.09. The highest BCUT2D eigenvalue weighted by molar-refractivity contribution is 7.80. The Balaban J connectivity index is 0.000000185. The summed E-state index contributed by atoms with van der Waals surface area (Å²) in [5.74, 6) is 0. The fourth-order valence-electron chi connectivity index (χ4n) is 2.03. The van der Waals surface area contributed by atoms with Crippen LogP contribution in [0.15, 0.2) is 41.6 Å². The Morgan fingerprint density at radius 2 is 1.91 bits per heavy atom. The SMILES string of the molecule is COS(=O)c1nc2ccc(C)cc2[nH]1.Cc1cccc(N)c1C. The van der Waals surface area contributed by atoms with Crippen molar-refractivity contribution in [3.05, 3.63) is 53.1 Å². The smallest absolute Gasteiger partial charge is 0.226 e. The minimum atomic E-state index is -1.50. The quantitative estimate of drug-likeness (QED) is 0.705. The van der Waals surface area contributed by atoms with Gasteiger partial charge in [-0.3, -0.25) is 4.18 Å². The van der Waals surface area contributed by atoms with Gasteiger partial charge in [0.25, 0.3) is 0 Å². The van der Waals surface area contributed by atoms with Crippen molar-refractivity contribution in [3.63, 3.8) is 0 Å². The van der Waals surface area contributed by atoms with Gasteiger partial charge < -0.3 is 10.7 Å². The molecule has 122 valence electrons. The highest BCUT2D eigenvalue weighted by Crippen LogP contribution is 2.15. The normalized spacial score (nSPS) is 11.8. The average Bonchev–Trinajstić information content (AvgIpc) is 2.95. The summed E-state index contributed by atoms with van der Waals surface area (Å²) in [6, 6.07) is 11.8. The second-order valence-electron chi connectivity index (χ2n) is 5.25. The lowest BCUT2D eigenvalue weighted by atomic mass is 10.1. The zero-order valence-corrected chi connectivity index (χ0v) is 14.5. The van der Waals surface area contributed by atoms with Crippen molar-refractivity contribution in [3.8, 4) is 0 Å². The van der Waals surface area contributed by atoms with E-state index in [1.165, 1.54) is 18.2 Å². The second-order valence-corrected chi connectivity index (χ2v) is 6.44. The minimum Gasteiger partial charge on any atom is -0.399 e. The molecule has 3 aromatic rings. The maximum absolute atomic E-state index is 11.3. The molecule has 3 rings (SSSR count). The molecule has 0 fully saturated rings. The third-order valence-electron chi connectivity index (χ3n) is 3.57. The molecule has 0 bridgehead atoms. The highest BCUT2D eigenvalue weighted by Gasteiger charge is 2.08. The number of aromatic nitrogens is 2. The molecule has 3 N–H and O–H groups in total. The molecule has 0 aliphatic heterocycles. The zero-order chi connectivity index (χ0) is 17.0. The third kappa shape index (κ3) is 4.18. The summed E-state index contributed by atoms with van der Waals surface area (Å²) in [6.07, 6.45) is 0. The summed E-state index contributed by atoms with van der Waals surface area (Å²) < 4.78 is 15.9. The van der Waals surface area contributed by atoms with Crippen molar-refractivity contribution in [2.24, 2.45) is 0 Å². The number of hydrogen-bond acceptors (Lipinski definition) is 4. The molecule has 1 unspecified atom stereocenters. The first-order valence-electron chi connectivity index (χ1n) is 7.16. The van der Waals surface area contributed by atoms with Crippen LogP contribution < -0.4 is 5.73 Å². The Kier molecular flexibility index (Phi) is 5.52. The Morgan fingerprint density at radius 1 is 1.17 bits per heavy atom. The lowest BCUT2D eigenvalue weighted by molar-refractivity contribution is 0.441. The first kappa shape index (κ1) is 17.2. The van der Waals surface area contributed by atoms with E-state index < -0.39 is 11.1 Å². The molecule has 0 spiro atoms. The van der Waals surface area contributed by atoms with Crippen LogP contribution in [0.5, 0.6) is 0 Å². The van der Waals surface area contributed by atoms with Crippen LogP contribution in [0.2, 0.25) is 0 Å². The van der Waals surface area contributed by atoms with E-state index in [1.54, 1.807) is 0 Å². The van der Waals surface area contributed by atoms with Crippen LogP contribution in [-0.2, 0) is 15.3 Å². The van der Waals surface area contributed by atoms with Gasteiger partial charge in [-0.2, -0.15) is 0 Å². The summed E-state index contributed by atoms with van der Waals surface area (Å²) in [5.41, 5.74) is 11.8. The number of aryl methyl sites for hydroxylation is 2. The van der Waals surface area contributed by atoms with E-state index in [-0.39, 0.29) is 0 Å². The van der Waals surface area contributed by atoms with E-state index in [4.69, 9.17) is 5.73 Å². The van der Waals surface area contributed by atoms with Crippen LogP contribution >= 0.6 is 0 Å². The Hall–Kier alpha value is -2.18. The zero-order valence-electron chi connectivity index (χ0n) is 13.7. The third-order valence-corrected chi connectivity index (χ3v) is 4.38. The molecule has 6 heteroatoms. The molecule has 23 heavy (non-hydrogen) atoms. The lowest BCUT2D eigenvalue weighted by Crippen LogP contribution is -1.94. The van der Waals surface area contributed by atoms with E-state index in [0.717, 1.165) is 22.3 Å². The van der Waals surface area contributed by atoms with Crippen molar-refractivity contribution in [1.82, 2.24) is 9.97 Å². The van der Waals surface area contributed by atoms with Crippen molar-refractivity contribution >= 4 is 27.8 Å². The molecule has 0 saturated heterocycles. The molecule has 0 saturated carbocycles. The number of hydrogen-bond donors (Lipinski definition) is 2. The van der Waals surface area contributed by atoms with Crippen LogP contribution in [0, 0.1) is 20.8 Å². The molecule has 0 aliphatic carbocycles. The second kappa shape index (κ2) is 7.39. The largest absolute Gasteiger partial charge is 0.399 e. The van der Waals surface area contributed by atoms with Crippen LogP contribution in [0.4, 0.5) is 5.69 Å². The number of nitrogens with one attached hydrogen (secondary N) is 1. The molecule has 1 aromatic heterocycles. The van der Waals surface area contributed by atoms with Crippen LogP contribution in [0.3, 0.4) is 0 Å². The van der Waals surface area contributed by atoms with Gasteiger partial charge in [0, 0.05) is 5.69 Å². The maximum Gasteiger partial charge on any atom is 0.226 e. The van der Waals surface area contributed by atoms with E-state index >= 15 is 0 Å². The molecular weight excluding hydrogens is 310 g/mol. The van der Waals surface area contributed by atoms with Crippen LogP contribution in [0.25, 0.3) is 11.0 Å². The molecule has 0 aliphatic rings. The predicted molar refractivity (Wildman–Crippen MR) is 94.6 cm³/mol. The highest BCUT2D eigenvalue weighted by atomic mass is 32.2. The molecule has 0 radical (unpaired) electrons. The van der Waals surface area contributed by atoms with Gasteiger partial charge in [0.15, 0.2) is 0 Å². The number of nitrogen functional groups attached to an aromatic ring is 1. The maximum atomic E-state index is 11.3. The number of imidazole rings is 1. The number of rotatable bonds is 2. The van der Waals surface area contributed by atoms with E-state index in [2.05, 4.69) is 27.1 Å². The predicted octanol–water partition coefficient (Wildman–Crippen LogP) is 3.43. The van der Waals surface area contributed by atoms with Crippen molar-refractivity contribution in [2.45, 2.75) is 25.9 Å². The van der Waals surface area contributed by atoms with E-state index in [0.29, 0.717) is 5.16 Å². The fraction of sp³-hybridized carbons (Fsp3) is 0.235. The molecule has 0 amide bonds. The van der Waals surface area contributed by atoms with Gasteiger partial charge in [0.05, 0.1) is 18.1 Å². The first-order chi connectivity index (χ1) is 10.9. The van der Waals surface area contributed by atoms with Crippen molar-refractivity contribution in [2.75, 3.05) is 12.8 Å². The summed E-state index contributed by atoms with van der Waals surface area (Å²) in [7, 11) is 1.38. The minimum absolute atomic E-state index is 0.355. The lowest BCUT2D eigenvalue weighted by Gasteiger charge is -2.00. The summed E-state index contributed by atoms with van der Waals surface area (Å²) in [6.45, 7) is 6.09. The average molecular weight is 331 g/mol. The number of anilines is 1. The van der Waals surface area contributed by atoms with Crippen LogP contribution in [0.1, 0.15) is 16.7 Å². The Labute approximate surface area is 138 Å². The summed E-state index contributed by atoms with van der Waals surface area (Å²) >= 11 is -1.50. The number of nitrogens with zero attached hydrogens (tertiary/aromatic N) is 1. The number of aromatic amines is 1. The van der Waals surface area contributed by atoms with Gasteiger partial charge in [-0.1, -0.05) is 18.2 Å². The van der Waals surface area contributed by atoms with E-state index in [1.807, 2.05) is 44.2 Å². The van der Waals surface area contributed by atoms with Gasteiger partial charge in [-0.05, 0) is 55.7 Å². The molecular formula is C17H21N3O2S.